The second-order valence-electron chi connectivity index (χ2n) is 4.33. The van der Waals surface area contributed by atoms with Crippen molar-refractivity contribution in [3.05, 3.63) is 18.2 Å². The van der Waals surface area contributed by atoms with E-state index in [1.807, 2.05) is 18.2 Å². The molecule has 98 valence electrons. The summed E-state index contributed by atoms with van der Waals surface area (Å²) in [5, 5.41) is 0. The third-order valence-corrected chi connectivity index (χ3v) is 3.25. The van der Waals surface area contributed by atoms with Crippen molar-refractivity contribution < 1.29 is 9.53 Å². The lowest BCUT2D eigenvalue weighted by atomic mass is 10.2. The molecule has 1 aliphatic rings. The van der Waals surface area contributed by atoms with Gasteiger partial charge in [-0.15, -0.1) is 0 Å². The van der Waals surface area contributed by atoms with E-state index in [9.17, 15) is 4.79 Å². The van der Waals surface area contributed by atoms with Crippen LogP contribution in [0.2, 0.25) is 0 Å². The number of fused-ring (bicyclic) bond motifs is 1. The summed E-state index contributed by atoms with van der Waals surface area (Å²) in [7, 11) is 3.42. The minimum atomic E-state index is 0.115. The topological polar surface area (TPSA) is 58.8 Å². The molecule has 0 fully saturated rings. The van der Waals surface area contributed by atoms with E-state index in [-0.39, 0.29) is 5.91 Å². The number of hydrogen-bond acceptors (Lipinski definition) is 4. The van der Waals surface area contributed by atoms with E-state index in [2.05, 4.69) is 4.90 Å². The molecular weight excluding hydrogens is 230 g/mol. The first kappa shape index (κ1) is 12.7. The molecule has 1 aromatic carbocycles. The molecule has 2 rings (SSSR count). The van der Waals surface area contributed by atoms with Crippen LogP contribution in [0.3, 0.4) is 0 Å². The molecule has 0 unspecified atom stereocenters. The van der Waals surface area contributed by atoms with Crippen molar-refractivity contribution in [2.24, 2.45) is 5.73 Å². The summed E-state index contributed by atoms with van der Waals surface area (Å²) in [5.74, 6) is 0.868. The van der Waals surface area contributed by atoms with Crippen LogP contribution in [0.15, 0.2) is 18.2 Å². The molecule has 5 heteroatoms. The highest BCUT2D eigenvalue weighted by Crippen LogP contribution is 2.34. The normalized spacial score (nSPS) is 15.4. The van der Waals surface area contributed by atoms with Gasteiger partial charge in [-0.1, -0.05) is 0 Å². The second-order valence-corrected chi connectivity index (χ2v) is 4.33. The molecule has 0 aromatic heterocycles. The fourth-order valence-electron chi connectivity index (χ4n) is 2.21. The van der Waals surface area contributed by atoms with E-state index in [1.54, 1.807) is 19.1 Å². The standard InChI is InChI=1S/C13H19N3O2/c1-15-12-9-10(18-2)3-4-11(12)16(8-6-14)7-5-13(15)17/h3-4,9H,5-8,14H2,1-2H3. The maximum atomic E-state index is 12.0. The zero-order chi connectivity index (χ0) is 13.1. The zero-order valence-electron chi connectivity index (χ0n) is 10.8. The van der Waals surface area contributed by atoms with Crippen LogP contribution in [0.5, 0.6) is 5.75 Å². The molecule has 5 nitrogen and oxygen atoms in total. The average Bonchev–Trinajstić information content (AvgIpc) is 2.51. The van der Waals surface area contributed by atoms with Gasteiger partial charge in [0.25, 0.3) is 0 Å². The molecule has 18 heavy (non-hydrogen) atoms. The number of nitrogens with zero attached hydrogens (tertiary/aromatic N) is 2. The molecule has 1 heterocycles. The van der Waals surface area contributed by atoms with E-state index >= 15 is 0 Å². The summed E-state index contributed by atoms with van der Waals surface area (Å²) >= 11 is 0. The van der Waals surface area contributed by atoms with Crippen LogP contribution < -0.4 is 20.3 Å². The number of amides is 1. The maximum absolute atomic E-state index is 12.0. The fourth-order valence-corrected chi connectivity index (χ4v) is 2.21. The van der Waals surface area contributed by atoms with E-state index in [0.29, 0.717) is 19.5 Å². The number of hydrogen-bond donors (Lipinski definition) is 1. The Morgan fingerprint density at radius 1 is 1.39 bits per heavy atom. The predicted octanol–water partition coefficient (Wildman–Crippen LogP) is 0.827. The summed E-state index contributed by atoms with van der Waals surface area (Å²) in [6.45, 7) is 2.03. The highest BCUT2D eigenvalue weighted by atomic mass is 16.5. The number of ether oxygens (including phenoxy) is 1. The molecule has 0 saturated carbocycles. The molecule has 1 aromatic rings. The van der Waals surface area contributed by atoms with Gasteiger partial charge in [-0.3, -0.25) is 4.79 Å². The van der Waals surface area contributed by atoms with Gasteiger partial charge in [0.1, 0.15) is 5.75 Å². The lowest BCUT2D eigenvalue weighted by molar-refractivity contribution is -0.118. The summed E-state index contributed by atoms with van der Waals surface area (Å²) in [6, 6.07) is 5.78. The van der Waals surface area contributed by atoms with Gasteiger partial charge in [0.15, 0.2) is 0 Å². The van der Waals surface area contributed by atoms with Crippen molar-refractivity contribution in [3.63, 3.8) is 0 Å². The molecule has 0 saturated heterocycles. The monoisotopic (exact) mass is 249 g/mol. The predicted molar refractivity (Wildman–Crippen MR) is 72.3 cm³/mol. The van der Waals surface area contributed by atoms with Gasteiger partial charge in [0.05, 0.1) is 18.5 Å². The average molecular weight is 249 g/mol. The Morgan fingerprint density at radius 2 is 2.17 bits per heavy atom. The second kappa shape index (κ2) is 5.27. The van der Waals surface area contributed by atoms with Gasteiger partial charge in [0.2, 0.25) is 5.91 Å². The molecule has 1 amide bonds. The number of rotatable bonds is 3. The van der Waals surface area contributed by atoms with Crippen molar-refractivity contribution in [1.82, 2.24) is 0 Å². The highest BCUT2D eigenvalue weighted by Gasteiger charge is 2.23. The van der Waals surface area contributed by atoms with Crippen LogP contribution in [0.1, 0.15) is 6.42 Å². The van der Waals surface area contributed by atoms with Gasteiger partial charge in [-0.25, -0.2) is 0 Å². The number of nitrogens with two attached hydrogens (primary N) is 1. The number of methoxy groups -OCH3 is 1. The molecule has 1 aliphatic heterocycles. The van der Waals surface area contributed by atoms with E-state index in [1.165, 1.54) is 0 Å². The van der Waals surface area contributed by atoms with Crippen LogP contribution in [0.25, 0.3) is 0 Å². The van der Waals surface area contributed by atoms with Gasteiger partial charge in [-0.05, 0) is 12.1 Å². The number of carbonyl (C=O) groups excluding carboxylic acids is 1. The fraction of sp³-hybridized carbons (Fsp3) is 0.462. The first-order valence-electron chi connectivity index (χ1n) is 6.07. The molecule has 0 bridgehead atoms. The Labute approximate surface area is 107 Å². The zero-order valence-corrected chi connectivity index (χ0v) is 10.8. The molecular formula is C13H19N3O2. The summed E-state index contributed by atoms with van der Waals surface area (Å²) < 4.78 is 5.22. The van der Waals surface area contributed by atoms with Gasteiger partial charge < -0.3 is 20.3 Å². The van der Waals surface area contributed by atoms with Crippen LogP contribution in [0, 0.1) is 0 Å². The molecule has 0 spiro atoms. The smallest absolute Gasteiger partial charge is 0.228 e. The molecule has 2 N–H and O–H groups in total. The van der Waals surface area contributed by atoms with Crippen LogP contribution >= 0.6 is 0 Å². The summed E-state index contributed by atoms with van der Waals surface area (Å²) in [6.07, 6.45) is 0.507. The van der Waals surface area contributed by atoms with Crippen molar-refractivity contribution in [2.75, 3.05) is 43.6 Å². The SMILES string of the molecule is COc1ccc2c(c1)N(C)C(=O)CCN2CCN. The molecule has 0 atom stereocenters. The largest absolute Gasteiger partial charge is 0.497 e. The Morgan fingerprint density at radius 3 is 2.83 bits per heavy atom. The van der Waals surface area contributed by atoms with Crippen molar-refractivity contribution in [2.45, 2.75) is 6.42 Å². The van der Waals surface area contributed by atoms with Crippen molar-refractivity contribution in [3.8, 4) is 5.75 Å². The van der Waals surface area contributed by atoms with E-state index < -0.39 is 0 Å². The van der Waals surface area contributed by atoms with Gasteiger partial charge >= 0.3 is 0 Å². The Balaban J connectivity index is 2.46. The number of carbonyl (C=O) groups is 1. The van der Waals surface area contributed by atoms with Crippen molar-refractivity contribution in [1.29, 1.82) is 0 Å². The third kappa shape index (κ3) is 2.26. The summed E-state index contributed by atoms with van der Waals surface area (Å²) in [4.78, 5) is 15.8. The molecule has 0 aliphatic carbocycles. The lowest BCUT2D eigenvalue weighted by Gasteiger charge is -2.25. The third-order valence-electron chi connectivity index (χ3n) is 3.25. The maximum Gasteiger partial charge on any atom is 0.228 e. The Bertz CT molecular complexity index is 448. The minimum absolute atomic E-state index is 0.115. The highest BCUT2D eigenvalue weighted by molar-refractivity contribution is 5.98. The van der Waals surface area contributed by atoms with E-state index in [0.717, 1.165) is 23.7 Å². The molecule has 0 radical (unpaired) electrons. The van der Waals surface area contributed by atoms with E-state index in [4.69, 9.17) is 10.5 Å². The first-order valence-corrected chi connectivity index (χ1v) is 6.07. The van der Waals surface area contributed by atoms with Crippen molar-refractivity contribution >= 4 is 17.3 Å². The Kier molecular flexibility index (Phi) is 3.72. The summed E-state index contributed by atoms with van der Waals surface area (Å²) in [5.41, 5.74) is 7.54. The van der Waals surface area contributed by atoms with Crippen LogP contribution in [-0.4, -0.2) is 39.7 Å². The lowest BCUT2D eigenvalue weighted by Crippen LogP contribution is -2.30. The first-order chi connectivity index (χ1) is 8.67. The van der Waals surface area contributed by atoms with Crippen LogP contribution in [-0.2, 0) is 4.79 Å². The number of anilines is 2. The van der Waals surface area contributed by atoms with Gasteiger partial charge in [0, 0.05) is 39.2 Å². The number of benzene rings is 1. The van der Waals surface area contributed by atoms with Crippen LogP contribution in [0.4, 0.5) is 11.4 Å². The Hall–Kier alpha value is -1.75. The van der Waals surface area contributed by atoms with Gasteiger partial charge in [-0.2, -0.15) is 0 Å². The minimum Gasteiger partial charge on any atom is -0.497 e. The quantitative estimate of drug-likeness (QED) is 0.862.